The zero-order chi connectivity index (χ0) is 14.7. The molecule has 0 aromatic rings. The highest BCUT2D eigenvalue weighted by atomic mass is 16.6. The first-order chi connectivity index (χ1) is 7.88. The standard InChI is InChI=1S/C13H26N2O3/c1-9(13(5,6)10(16)15(7)8)18-11(17)14-12(2,3)4/h9H,1-8H3,(H,14,17). The second-order valence-corrected chi connectivity index (χ2v) is 6.34. The molecule has 18 heavy (non-hydrogen) atoms. The number of nitrogens with one attached hydrogen (secondary N) is 1. The lowest BCUT2D eigenvalue weighted by molar-refractivity contribution is -0.143. The Bertz CT molecular complexity index is 317. The van der Waals surface area contributed by atoms with Gasteiger partial charge in [-0.2, -0.15) is 0 Å². The van der Waals surface area contributed by atoms with E-state index in [1.54, 1.807) is 34.9 Å². The number of hydrogen-bond donors (Lipinski definition) is 1. The van der Waals surface area contributed by atoms with E-state index in [0.717, 1.165) is 0 Å². The van der Waals surface area contributed by atoms with Gasteiger partial charge in [0.1, 0.15) is 6.10 Å². The molecular weight excluding hydrogens is 232 g/mol. The zero-order valence-corrected chi connectivity index (χ0v) is 12.7. The fourth-order valence-corrected chi connectivity index (χ4v) is 1.39. The van der Waals surface area contributed by atoms with Gasteiger partial charge >= 0.3 is 6.09 Å². The molecule has 0 radical (unpaired) electrons. The highest BCUT2D eigenvalue weighted by Gasteiger charge is 2.38. The number of ether oxygens (including phenoxy) is 1. The summed E-state index contributed by atoms with van der Waals surface area (Å²) >= 11 is 0. The van der Waals surface area contributed by atoms with Gasteiger partial charge in [-0.1, -0.05) is 0 Å². The van der Waals surface area contributed by atoms with Crippen molar-refractivity contribution in [1.29, 1.82) is 0 Å². The third kappa shape index (κ3) is 4.94. The van der Waals surface area contributed by atoms with Gasteiger partial charge < -0.3 is 15.0 Å². The normalized spacial score (nSPS) is 13.8. The van der Waals surface area contributed by atoms with E-state index in [-0.39, 0.29) is 11.4 Å². The van der Waals surface area contributed by atoms with Crippen LogP contribution in [-0.4, -0.2) is 42.6 Å². The Morgan fingerprint density at radius 3 is 1.89 bits per heavy atom. The summed E-state index contributed by atoms with van der Waals surface area (Å²) < 4.78 is 5.26. The van der Waals surface area contributed by atoms with E-state index >= 15 is 0 Å². The number of nitrogens with zero attached hydrogens (tertiary/aromatic N) is 1. The highest BCUT2D eigenvalue weighted by molar-refractivity contribution is 5.82. The molecule has 0 rings (SSSR count). The first-order valence-corrected chi connectivity index (χ1v) is 6.08. The van der Waals surface area contributed by atoms with Gasteiger partial charge in [0, 0.05) is 19.6 Å². The smallest absolute Gasteiger partial charge is 0.407 e. The second-order valence-electron chi connectivity index (χ2n) is 6.34. The number of alkyl carbamates (subject to hydrolysis) is 1. The predicted octanol–water partition coefficient (Wildman–Crippen LogP) is 2.01. The van der Waals surface area contributed by atoms with Crippen LogP contribution in [0.4, 0.5) is 4.79 Å². The van der Waals surface area contributed by atoms with E-state index in [1.807, 2.05) is 20.8 Å². The van der Waals surface area contributed by atoms with Crippen LogP contribution in [0.15, 0.2) is 0 Å². The van der Waals surface area contributed by atoms with E-state index in [1.165, 1.54) is 4.90 Å². The van der Waals surface area contributed by atoms with Crippen LogP contribution in [0.5, 0.6) is 0 Å². The fraction of sp³-hybridized carbons (Fsp3) is 0.846. The quantitative estimate of drug-likeness (QED) is 0.842. The van der Waals surface area contributed by atoms with Crippen LogP contribution in [0.2, 0.25) is 0 Å². The molecule has 0 aliphatic carbocycles. The van der Waals surface area contributed by atoms with E-state index in [2.05, 4.69) is 5.32 Å². The molecule has 0 spiro atoms. The Labute approximate surface area is 110 Å². The monoisotopic (exact) mass is 258 g/mol. The Hall–Kier alpha value is -1.26. The van der Waals surface area contributed by atoms with Gasteiger partial charge in [0.15, 0.2) is 0 Å². The molecule has 2 amide bonds. The van der Waals surface area contributed by atoms with E-state index in [0.29, 0.717) is 0 Å². The summed E-state index contributed by atoms with van der Waals surface area (Å²) in [6.45, 7) is 10.9. The maximum atomic E-state index is 12.0. The van der Waals surface area contributed by atoms with Gasteiger partial charge in [-0.25, -0.2) is 4.79 Å². The third-order valence-electron chi connectivity index (χ3n) is 2.73. The number of carbonyl (C=O) groups excluding carboxylic acids is 2. The minimum atomic E-state index is -0.751. The van der Waals surface area contributed by atoms with Crippen molar-refractivity contribution in [2.24, 2.45) is 5.41 Å². The van der Waals surface area contributed by atoms with Gasteiger partial charge in [-0.15, -0.1) is 0 Å². The van der Waals surface area contributed by atoms with Crippen molar-refractivity contribution in [2.45, 2.75) is 53.2 Å². The van der Waals surface area contributed by atoms with Gasteiger partial charge in [-0.05, 0) is 41.5 Å². The van der Waals surface area contributed by atoms with Crippen LogP contribution < -0.4 is 5.32 Å². The summed E-state index contributed by atoms with van der Waals surface area (Å²) in [5, 5.41) is 2.70. The zero-order valence-electron chi connectivity index (χ0n) is 12.7. The Morgan fingerprint density at radius 2 is 1.56 bits per heavy atom. The molecule has 0 saturated carbocycles. The van der Waals surface area contributed by atoms with E-state index in [9.17, 15) is 9.59 Å². The lowest BCUT2D eigenvalue weighted by Gasteiger charge is -2.33. The van der Waals surface area contributed by atoms with Gasteiger partial charge in [-0.3, -0.25) is 4.79 Å². The van der Waals surface area contributed by atoms with Crippen molar-refractivity contribution in [1.82, 2.24) is 10.2 Å². The first-order valence-electron chi connectivity index (χ1n) is 6.08. The molecule has 5 heteroatoms. The molecule has 0 heterocycles. The summed E-state index contributed by atoms with van der Waals surface area (Å²) in [6.07, 6.45) is -1.01. The van der Waals surface area contributed by atoms with Crippen LogP contribution in [0, 0.1) is 5.41 Å². The SMILES string of the molecule is CC(OC(=O)NC(C)(C)C)C(C)(C)C(=O)N(C)C. The van der Waals surface area contributed by atoms with E-state index in [4.69, 9.17) is 4.74 Å². The molecule has 0 aliphatic rings. The largest absolute Gasteiger partial charge is 0.445 e. The number of hydrogen-bond acceptors (Lipinski definition) is 3. The van der Waals surface area contributed by atoms with E-state index < -0.39 is 17.6 Å². The van der Waals surface area contributed by atoms with Crippen molar-refractivity contribution in [3.8, 4) is 0 Å². The molecule has 0 aromatic carbocycles. The maximum Gasteiger partial charge on any atom is 0.407 e. The summed E-state index contributed by atoms with van der Waals surface area (Å²) in [5.41, 5.74) is -1.11. The maximum absolute atomic E-state index is 12.0. The lowest BCUT2D eigenvalue weighted by Crippen LogP contribution is -2.48. The van der Waals surface area contributed by atoms with Crippen molar-refractivity contribution in [3.63, 3.8) is 0 Å². The minimum absolute atomic E-state index is 0.0708. The summed E-state index contributed by atoms with van der Waals surface area (Å²) in [6, 6.07) is 0. The second kappa shape index (κ2) is 5.59. The molecule has 0 fully saturated rings. The van der Waals surface area contributed by atoms with Crippen LogP contribution >= 0.6 is 0 Å². The molecule has 0 aliphatic heterocycles. The van der Waals surface area contributed by atoms with Crippen LogP contribution in [0.25, 0.3) is 0 Å². The fourth-order valence-electron chi connectivity index (χ4n) is 1.39. The molecule has 106 valence electrons. The molecule has 1 unspecified atom stereocenters. The van der Waals surface area contributed by atoms with Crippen molar-refractivity contribution < 1.29 is 14.3 Å². The summed E-state index contributed by atoms with van der Waals surface area (Å²) in [5.74, 6) is -0.0708. The lowest BCUT2D eigenvalue weighted by atomic mass is 9.86. The van der Waals surface area contributed by atoms with Crippen molar-refractivity contribution >= 4 is 12.0 Å². The van der Waals surface area contributed by atoms with Crippen molar-refractivity contribution in [2.75, 3.05) is 14.1 Å². The summed E-state index contributed by atoms with van der Waals surface area (Å²) in [7, 11) is 3.37. The molecule has 1 N–H and O–H groups in total. The topological polar surface area (TPSA) is 58.6 Å². The summed E-state index contributed by atoms with van der Waals surface area (Å²) in [4.78, 5) is 25.1. The Kier molecular flexibility index (Phi) is 5.20. The molecule has 0 saturated heterocycles. The van der Waals surface area contributed by atoms with Gasteiger partial charge in [0.2, 0.25) is 5.91 Å². The minimum Gasteiger partial charge on any atom is -0.445 e. The van der Waals surface area contributed by atoms with Gasteiger partial charge in [0.25, 0.3) is 0 Å². The third-order valence-corrected chi connectivity index (χ3v) is 2.73. The molecule has 0 bridgehead atoms. The molecule has 1 atom stereocenters. The molecule has 0 aromatic heterocycles. The van der Waals surface area contributed by atoms with Crippen LogP contribution in [-0.2, 0) is 9.53 Å². The average molecular weight is 258 g/mol. The molecule has 5 nitrogen and oxygen atoms in total. The first kappa shape index (κ1) is 16.7. The van der Waals surface area contributed by atoms with Crippen LogP contribution in [0.1, 0.15) is 41.5 Å². The number of amides is 2. The number of carbonyl (C=O) groups is 2. The Morgan fingerprint density at radius 1 is 1.11 bits per heavy atom. The average Bonchev–Trinajstić information content (AvgIpc) is 2.12. The molecular formula is C13H26N2O3. The highest BCUT2D eigenvalue weighted by Crippen LogP contribution is 2.25. The van der Waals surface area contributed by atoms with Crippen molar-refractivity contribution in [3.05, 3.63) is 0 Å². The number of rotatable bonds is 3. The predicted molar refractivity (Wildman–Crippen MR) is 71.3 cm³/mol. The van der Waals surface area contributed by atoms with Crippen LogP contribution in [0.3, 0.4) is 0 Å². The Balaban J connectivity index is 4.62. The van der Waals surface area contributed by atoms with Gasteiger partial charge in [0.05, 0.1) is 5.41 Å².